The molecule has 3 nitrogen and oxygen atoms in total. The van der Waals surface area contributed by atoms with Crippen LogP contribution in [0.4, 0.5) is 11.4 Å². The number of amides is 1. The minimum Gasteiger partial charge on any atom is -0.397 e. The van der Waals surface area contributed by atoms with Crippen LogP contribution in [0.15, 0.2) is 18.2 Å². The van der Waals surface area contributed by atoms with Gasteiger partial charge in [-0.1, -0.05) is 43.9 Å². The first kappa shape index (κ1) is 13.8. The highest BCUT2D eigenvalue weighted by atomic mass is 35.5. The summed E-state index contributed by atoms with van der Waals surface area (Å²) in [5.74, 6) is -0.0269. The topological polar surface area (TPSA) is 55.1 Å². The number of anilines is 2. The van der Waals surface area contributed by atoms with Crippen molar-refractivity contribution in [2.75, 3.05) is 11.1 Å². The third-order valence-corrected chi connectivity index (χ3v) is 2.88. The molecule has 0 saturated heterocycles. The molecule has 4 heteroatoms. The fourth-order valence-corrected chi connectivity index (χ4v) is 1.82. The van der Waals surface area contributed by atoms with Crippen LogP contribution in [0.1, 0.15) is 39.0 Å². The van der Waals surface area contributed by atoms with Gasteiger partial charge in [0.15, 0.2) is 0 Å². The Balaban J connectivity index is 2.45. The Labute approximate surface area is 107 Å². The molecule has 17 heavy (non-hydrogen) atoms. The van der Waals surface area contributed by atoms with Gasteiger partial charge in [-0.15, -0.1) is 0 Å². The fourth-order valence-electron chi connectivity index (χ4n) is 1.59. The number of halogens is 1. The Kier molecular flexibility index (Phi) is 5.84. The summed E-state index contributed by atoms with van der Waals surface area (Å²) in [4.78, 5) is 11.7. The average Bonchev–Trinajstić information content (AvgIpc) is 2.30. The first-order valence-corrected chi connectivity index (χ1v) is 6.36. The van der Waals surface area contributed by atoms with Crippen LogP contribution in [-0.2, 0) is 4.79 Å². The van der Waals surface area contributed by atoms with E-state index in [-0.39, 0.29) is 5.91 Å². The second-order valence-corrected chi connectivity index (χ2v) is 4.47. The Hall–Kier alpha value is -1.22. The summed E-state index contributed by atoms with van der Waals surface area (Å²) in [6.45, 7) is 2.14. The van der Waals surface area contributed by atoms with Gasteiger partial charge in [0.1, 0.15) is 0 Å². The number of hydrogen-bond donors (Lipinski definition) is 2. The van der Waals surface area contributed by atoms with Crippen LogP contribution in [0.2, 0.25) is 5.02 Å². The van der Waals surface area contributed by atoms with E-state index in [1.165, 1.54) is 12.8 Å². The van der Waals surface area contributed by atoms with E-state index in [1.807, 2.05) is 0 Å². The van der Waals surface area contributed by atoms with Crippen LogP contribution in [0.3, 0.4) is 0 Å². The van der Waals surface area contributed by atoms with Crippen molar-refractivity contribution in [3.63, 3.8) is 0 Å². The van der Waals surface area contributed by atoms with Gasteiger partial charge in [-0.2, -0.15) is 0 Å². The predicted molar refractivity (Wildman–Crippen MR) is 73.3 cm³/mol. The summed E-state index contributed by atoms with van der Waals surface area (Å²) >= 11 is 5.96. The van der Waals surface area contributed by atoms with Gasteiger partial charge in [0, 0.05) is 6.42 Å². The predicted octanol–water partition coefficient (Wildman–Crippen LogP) is 3.83. The van der Waals surface area contributed by atoms with Gasteiger partial charge in [0.2, 0.25) is 5.91 Å². The van der Waals surface area contributed by atoms with Crippen molar-refractivity contribution in [3.05, 3.63) is 23.2 Å². The van der Waals surface area contributed by atoms with Crippen LogP contribution in [-0.4, -0.2) is 5.91 Å². The molecule has 1 rings (SSSR count). The molecule has 0 spiro atoms. The molecule has 1 amide bonds. The molecule has 3 N–H and O–H groups in total. The van der Waals surface area contributed by atoms with E-state index >= 15 is 0 Å². The first-order valence-electron chi connectivity index (χ1n) is 5.99. The van der Waals surface area contributed by atoms with Gasteiger partial charge in [-0.25, -0.2) is 0 Å². The van der Waals surface area contributed by atoms with Crippen LogP contribution in [0.25, 0.3) is 0 Å². The number of nitrogens with one attached hydrogen (secondary N) is 1. The van der Waals surface area contributed by atoms with Crippen molar-refractivity contribution < 1.29 is 4.79 Å². The standard InChI is InChI=1S/C13H19ClN2O/c1-2-3-4-5-9-12(17)16-13-10(14)7-6-8-11(13)15/h6-8H,2-5,9,15H2,1H3,(H,16,17). The number of unbranched alkanes of at least 4 members (excludes halogenated alkanes) is 3. The Morgan fingerprint density at radius 1 is 1.35 bits per heavy atom. The van der Waals surface area contributed by atoms with E-state index < -0.39 is 0 Å². The maximum Gasteiger partial charge on any atom is 0.224 e. The fraction of sp³-hybridized carbons (Fsp3) is 0.462. The number of nitrogens with two attached hydrogens (primary N) is 1. The maximum absolute atomic E-state index is 11.7. The van der Waals surface area contributed by atoms with E-state index in [9.17, 15) is 4.79 Å². The number of nitrogen functional groups attached to an aromatic ring is 1. The molecule has 0 atom stereocenters. The molecule has 1 aromatic rings. The SMILES string of the molecule is CCCCCCC(=O)Nc1c(N)cccc1Cl. The quantitative estimate of drug-likeness (QED) is 0.599. The lowest BCUT2D eigenvalue weighted by Crippen LogP contribution is -2.12. The third kappa shape index (κ3) is 4.65. The van der Waals surface area contributed by atoms with E-state index in [1.54, 1.807) is 18.2 Å². The molecule has 0 aliphatic rings. The van der Waals surface area contributed by atoms with Gasteiger partial charge >= 0.3 is 0 Å². The molecule has 0 aromatic heterocycles. The second kappa shape index (κ2) is 7.17. The zero-order chi connectivity index (χ0) is 12.7. The molecule has 1 aromatic carbocycles. The highest BCUT2D eigenvalue weighted by molar-refractivity contribution is 6.34. The molecule has 0 bridgehead atoms. The summed E-state index contributed by atoms with van der Waals surface area (Å²) < 4.78 is 0. The lowest BCUT2D eigenvalue weighted by molar-refractivity contribution is -0.116. The van der Waals surface area contributed by atoms with Crippen molar-refractivity contribution in [2.45, 2.75) is 39.0 Å². The number of benzene rings is 1. The van der Waals surface area contributed by atoms with E-state index in [0.29, 0.717) is 22.8 Å². The zero-order valence-electron chi connectivity index (χ0n) is 10.1. The lowest BCUT2D eigenvalue weighted by atomic mass is 10.1. The smallest absolute Gasteiger partial charge is 0.224 e. The van der Waals surface area contributed by atoms with Crippen molar-refractivity contribution in [2.24, 2.45) is 0 Å². The molecule has 0 heterocycles. The summed E-state index contributed by atoms with van der Waals surface area (Å²) in [5.41, 5.74) is 6.77. The highest BCUT2D eigenvalue weighted by Crippen LogP contribution is 2.27. The Bertz CT molecular complexity index is 359. The summed E-state index contributed by atoms with van der Waals surface area (Å²) in [6.07, 6.45) is 4.84. The molecule has 0 aliphatic carbocycles. The third-order valence-electron chi connectivity index (χ3n) is 2.57. The largest absolute Gasteiger partial charge is 0.397 e. The average molecular weight is 255 g/mol. The van der Waals surface area contributed by atoms with Gasteiger partial charge in [0.25, 0.3) is 0 Å². The van der Waals surface area contributed by atoms with Crippen molar-refractivity contribution >= 4 is 28.9 Å². The minimum atomic E-state index is -0.0269. The zero-order valence-corrected chi connectivity index (χ0v) is 10.9. The minimum absolute atomic E-state index is 0.0269. The highest BCUT2D eigenvalue weighted by Gasteiger charge is 2.08. The number of para-hydroxylation sites is 1. The number of carbonyl (C=O) groups excluding carboxylic acids is 1. The number of carbonyl (C=O) groups is 1. The molecule has 0 saturated carbocycles. The molecule has 0 unspecified atom stereocenters. The summed E-state index contributed by atoms with van der Waals surface area (Å²) in [7, 11) is 0. The van der Waals surface area contributed by atoms with Gasteiger partial charge in [-0.05, 0) is 18.6 Å². The van der Waals surface area contributed by atoms with Gasteiger partial charge in [0.05, 0.1) is 16.4 Å². The van der Waals surface area contributed by atoms with Crippen molar-refractivity contribution in [1.82, 2.24) is 0 Å². The molecular weight excluding hydrogens is 236 g/mol. The van der Waals surface area contributed by atoms with E-state index in [2.05, 4.69) is 12.2 Å². The van der Waals surface area contributed by atoms with E-state index in [0.717, 1.165) is 12.8 Å². The lowest BCUT2D eigenvalue weighted by Gasteiger charge is -2.09. The Morgan fingerprint density at radius 2 is 2.12 bits per heavy atom. The number of rotatable bonds is 6. The summed E-state index contributed by atoms with van der Waals surface area (Å²) in [6, 6.07) is 5.19. The van der Waals surface area contributed by atoms with Crippen molar-refractivity contribution in [3.8, 4) is 0 Å². The normalized spacial score (nSPS) is 10.2. The van der Waals surface area contributed by atoms with Crippen LogP contribution >= 0.6 is 11.6 Å². The first-order chi connectivity index (χ1) is 8.15. The van der Waals surface area contributed by atoms with Gasteiger partial charge in [-0.3, -0.25) is 4.79 Å². The van der Waals surface area contributed by atoms with Crippen LogP contribution in [0.5, 0.6) is 0 Å². The maximum atomic E-state index is 11.7. The Morgan fingerprint density at radius 3 is 2.76 bits per heavy atom. The summed E-state index contributed by atoms with van der Waals surface area (Å²) in [5, 5.41) is 3.24. The van der Waals surface area contributed by atoms with Crippen molar-refractivity contribution in [1.29, 1.82) is 0 Å². The van der Waals surface area contributed by atoms with E-state index in [4.69, 9.17) is 17.3 Å². The molecule has 94 valence electrons. The monoisotopic (exact) mass is 254 g/mol. The number of hydrogen-bond acceptors (Lipinski definition) is 2. The molecule has 0 radical (unpaired) electrons. The van der Waals surface area contributed by atoms with Gasteiger partial charge < -0.3 is 11.1 Å². The molecule has 0 fully saturated rings. The molecular formula is C13H19ClN2O. The second-order valence-electron chi connectivity index (χ2n) is 4.06. The van der Waals surface area contributed by atoms with Crippen LogP contribution < -0.4 is 11.1 Å². The molecule has 0 aliphatic heterocycles. The van der Waals surface area contributed by atoms with Crippen LogP contribution in [0, 0.1) is 0 Å².